The van der Waals surface area contributed by atoms with Gasteiger partial charge in [-0.2, -0.15) is 0 Å². The Kier molecular flexibility index (Phi) is 12.0. The van der Waals surface area contributed by atoms with Gasteiger partial charge in [0.1, 0.15) is 11.4 Å². The fourth-order valence-electron chi connectivity index (χ4n) is 5.14. The summed E-state index contributed by atoms with van der Waals surface area (Å²) < 4.78 is 10.7. The van der Waals surface area contributed by atoms with E-state index in [1.54, 1.807) is 36.4 Å². The van der Waals surface area contributed by atoms with E-state index in [9.17, 15) is 24.3 Å². The first kappa shape index (κ1) is 36.9. The molecule has 0 atom stereocenters. The highest BCUT2D eigenvalue weighted by Crippen LogP contribution is 2.27. The lowest BCUT2D eigenvalue weighted by Crippen LogP contribution is -2.30. The Morgan fingerprint density at radius 3 is 1.70 bits per heavy atom. The van der Waals surface area contributed by atoms with Crippen LogP contribution in [0.15, 0.2) is 106 Å². The molecule has 0 radical (unpaired) electrons. The number of amides is 4. The standard InChI is InChI=1S/C38H33ClN8O7/c39-26-18-28(45-29(19-26)36(50)42-14-5-16-44-37(51)30-20-33(53-46-30)24-6-2-1-3-7-24)23-8-10-25(11-9-23)34-21-31(47-54-34)38(52)43-15-4-13-41-35(49)27-12-17-40-22-32(27)48/h1-3,6-12,17-22,48H,4-5,13-16H2,(H,41,49)(H,42,50)(H,43,52)(H,44,51). The molecule has 0 fully saturated rings. The summed E-state index contributed by atoms with van der Waals surface area (Å²) in [6.45, 7) is 1.12. The van der Waals surface area contributed by atoms with Gasteiger partial charge in [0.15, 0.2) is 22.9 Å². The van der Waals surface area contributed by atoms with Crippen molar-refractivity contribution in [3.05, 3.63) is 125 Å². The lowest BCUT2D eigenvalue weighted by molar-refractivity contribution is 0.0928. The molecule has 16 heteroatoms. The van der Waals surface area contributed by atoms with Crippen LogP contribution in [0.4, 0.5) is 0 Å². The highest BCUT2D eigenvalue weighted by molar-refractivity contribution is 6.31. The Morgan fingerprint density at radius 2 is 1.13 bits per heavy atom. The second-order valence-electron chi connectivity index (χ2n) is 11.8. The Labute approximate surface area is 313 Å². The molecular formula is C38H33ClN8O7. The first-order valence-electron chi connectivity index (χ1n) is 16.8. The predicted octanol–water partition coefficient (Wildman–Crippen LogP) is 4.91. The molecule has 0 aliphatic carbocycles. The zero-order valence-corrected chi connectivity index (χ0v) is 29.3. The highest BCUT2D eigenvalue weighted by Gasteiger charge is 2.17. The van der Waals surface area contributed by atoms with Crippen molar-refractivity contribution in [2.24, 2.45) is 0 Å². The van der Waals surface area contributed by atoms with Gasteiger partial charge in [-0.3, -0.25) is 24.2 Å². The van der Waals surface area contributed by atoms with Gasteiger partial charge < -0.3 is 35.4 Å². The summed E-state index contributed by atoms with van der Waals surface area (Å²) in [6, 6.07) is 24.0. The molecule has 2 aromatic carbocycles. The molecule has 6 aromatic rings. The Balaban J connectivity index is 0.944. The maximum Gasteiger partial charge on any atom is 0.273 e. The van der Waals surface area contributed by atoms with Gasteiger partial charge in [0.25, 0.3) is 23.6 Å². The lowest BCUT2D eigenvalue weighted by atomic mass is 10.1. The summed E-state index contributed by atoms with van der Waals surface area (Å²) in [5, 5.41) is 28.7. The highest BCUT2D eigenvalue weighted by atomic mass is 35.5. The van der Waals surface area contributed by atoms with Crippen molar-refractivity contribution in [2.45, 2.75) is 12.8 Å². The number of carbonyl (C=O) groups is 4. The molecule has 0 aliphatic heterocycles. The lowest BCUT2D eigenvalue weighted by Gasteiger charge is -2.08. The molecular weight excluding hydrogens is 716 g/mol. The van der Waals surface area contributed by atoms with E-state index >= 15 is 0 Å². The predicted molar refractivity (Wildman–Crippen MR) is 197 cm³/mol. The molecule has 4 aromatic heterocycles. The number of halogens is 1. The SMILES string of the molecule is O=C(NCCCNC(=O)c1cc(Cl)cc(-c2ccc(-c3cc(C(=O)NCCCNC(=O)c4ccncc4O)no3)cc2)n1)c1cc(-c2ccccc2)on1. The van der Waals surface area contributed by atoms with Crippen LogP contribution in [0, 0.1) is 0 Å². The number of rotatable bonds is 15. The number of nitrogens with zero attached hydrogens (tertiary/aromatic N) is 4. The molecule has 0 aliphatic rings. The summed E-state index contributed by atoms with van der Waals surface area (Å²) in [4.78, 5) is 58.4. The third kappa shape index (κ3) is 9.51. The number of pyridine rings is 2. The number of nitrogens with one attached hydrogen (secondary N) is 4. The van der Waals surface area contributed by atoms with Crippen molar-refractivity contribution >= 4 is 35.2 Å². The monoisotopic (exact) mass is 748 g/mol. The second-order valence-corrected chi connectivity index (χ2v) is 12.2. The Morgan fingerprint density at radius 1 is 0.611 bits per heavy atom. The number of aromatic hydroxyl groups is 1. The fraction of sp³-hybridized carbons (Fsp3) is 0.158. The van der Waals surface area contributed by atoms with Crippen LogP contribution in [0.5, 0.6) is 5.75 Å². The number of hydrogen-bond acceptors (Lipinski definition) is 11. The van der Waals surface area contributed by atoms with Crippen LogP contribution in [-0.4, -0.2) is 75.2 Å². The molecule has 0 bridgehead atoms. The van der Waals surface area contributed by atoms with Crippen molar-refractivity contribution in [2.75, 3.05) is 26.2 Å². The number of carbonyl (C=O) groups excluding carboxylic acids is 4. The van der Waals surface area contributed by atoms with Crippen LogP contribution in [0.3, 0.4) is 0 Å². The molecule has 54 heavy (non-hydrogen) atoms. The van der Waals surface area contributed by atoms with Gasteiger partial charge in [-0.1, -0.05) is 76.5 Å². The number of hydrogen-bond donors (Lipinski definition) is 5. The summed E-state index contributed by atoms with van der Waals surface area (Å²) >= 11 is 6.35. The van der Waals surface area contributed by atoms with Gasteiger partial charge in [-0.25, -0.2) is 4.98 Å². The minimum absolute atomic E-state index is 0.0850. The molecule has 0 unspecified atom stereocenters. The van der Waals surface area contributed by atoms with Crippen molar-refractivity contribution < 1.29 is 33.3 Å². The fourth-order valence-corrected chi connectivity index (χ4v) is 5.34. The van der Waals surface area contributed by atoms with Crippen LogP contribution >= 0.6 is 11.6 Å². The quantitative estimate of drug-likeness (QED) is 0.0890. The van der Waals surface area contributed by atoms with Gasteiger partial charge in [0, 0.05) is 66.2 Å². The molecule has 15 nitrogen and oxygen atoms in total. The van der Waals surface area contributed by atoms with Gasteiger partial charge in [-0.15, -0.1) is 0 Å². The maximum atomic E-state index is 12.9. The summed E-state index contributed by atoms with van der Waals surface area (Å²) in [6.07, 6.45) is 3.49. The van der Waals surface area contributed by atoms with E-state index in [0.29, 0.717) is 52.8 Å². The molecule has 274 valence electrons. The Hall–Kier alpha value is -6.87. The van der Waals surface area contributed by atoms with E-state index in [4.69, 9.17) is 20.6 Å². The first-order valence-corrected chi connectivity index (χ1v) is 17.2. The molecule has 4 amide bonds. The van der Waals surface area contributed by atoms with Gasteiger partial charge >= 0.3 is 0 Å². The van der Waals surface area contributed by atoms with Crippen LogP contribution in [0.25, 0.3) is 33.9 Å². The minimum Gasteiger partial charge on any atom is -0.505 e. The van der Waals surface area contributed by atoms with Crippen molar-refractivity contribution in [1.29, 1.82) is 0 Å². The van der Waals surface area contributed by atoms with Gasteiger partial charge in [-0.05, 0) is 31.0 Å². The van der Waals surface area contributed by atoms with E-state index in [-0.39, 0.29) is 53.9 Å². The smallest absolute Gasteiger partial charge is 0.273 e. The van der Waals surface area contributed by atoms with Gasteiger partial charge in [0.2, 0.25) is 0 Å². The zero-order chi connectivity index (χ0) is 37.9. The van der Waals surface area contributed by atoms with Crippen LogP contribution in [-0.2, 0) is 0 Å². The molecule has 0 spiro atoms. The third-order valence-electron chi connectivity index (χ3n) is 7.93. The van der Waals surface area contributed by atoms with E-state index in [1.165, 1.54) is 30.6 Å². The number of benzene rings is 2. The molecule has 6 rings (SSSR count). The van der Waals surface area contributed by atoms with Crippen LogP contribution < -0.4 is 21.3 Å². The third-order valence-corrected chi connectivity index (χ3v) is 8.14. The largest absolute Gasteiger partial charge is 0.505 e. The number of aromatic nitrogens is 4. The Bertz CT molecular complexity index is 2260. The maximum absolute atomic E-state index is 12.9. The van der Waals surface area contributed by atoms with Gasteiger partial charge in [0.05, 0.1) is 17.5 Å². The minimum atomic E-state index is -0.444. The molecule has 0 saturated carbocycles. The van der Waals surface area contributed by atoms with Crippen LogP contribution in [0.2, 0.25) is 5.02 Å². The molecule has 4 heterocycles. The first-order chi connectivity index (χ1) is 26.2. The van der Waals surface area contributed by atoms with E-state index in [1.807, 2.05) is 30.3 Å². The summed E-state index contributed by atoms with van der Waals surface area (Å²) in [7, 11) is 0. The average Bonchev–Trinajstić information content (AvgIpc) is 3.90. The normalized spacial score (nSPS) is 10.8. The van der Waals surface area contributed by atoms with E-state index in [2.05, 4.69) is 41.5 Å². The molecule has 5 N–H and O–H groups in total. The summed E-state index contributed by atoms with van der Waals surface area (Å²) in [5.41, 5.74) is 3.11. The summed E-state index contributed by atoms with van der Waals surface area (Å²) in [5.74, 6) is -1.05. The van der Waals surface area contributed by atoms with Crippen molar-refractivity contribution in [3.63, 3.8) is 0 Å². The van der Waals surface area contributed by atoms with E-state index < -0.39 is 17.7 Å². The average molecular weight is 749 g/mol. The second kappa shape index (κ2) is 17.6. The molecule has 0 saturated heterocycles. The van der Waals surface area contributed by atoms with Crippen molar-refractivity contribution in [1.82, 2.24) is 41.5 Å². The van der Waals surface area contributed by atoms with Crippen molar-refractivity contribution in [3.8, 4) is 39.7 Å². The zero-order valence-electron chi connectivity index (χ0n) is 28.5. The van der Waals surface area contributed by atoms with E-state index in [0.717, 1.165) is 5.56 Å². The van der Waals surface area contributed by atoms with Crippen LogP contribution in [0.1, 0.15) is 54.7 Å². The topological polar surface area (TPSA) is 214 Å².